The molecule has 1 radical (unpaired) electrons. The van der Waals surface area contributed by atoms with Gasteiger partial charge >= 0.3 is 0 Å². The first-order valence-corrected chi connectivity index (χ1v) is 3.47. The van der Waals surface area contributed by atoms with Gasteiger partial charge in [0.1, 0.15) is 0 Å². The van der Waals surface area contributed by atoms with Crippen molar-refractivity contribution >= 4 is 0 Å². The van der Waals surface area contributed by atoms with Gasteiger partial charge in [0.2, 0.25) is 0 Å². The number of hydrogen-bond acceptors (Lipinski definition) is 0. The Balaban J connectivity index is 2.99. The zero-order valence-electron chi connectivity index (χ0n) is 6.14. The Morgan fingerprint density at radius 3 is 2.33 bits per heavy atom. The molecular formula is C9H15. The minimum atomic E-state index is 0.913. The van der Waals surface area contributed by atoms with E-state index in [-0.39, 0.29) is 0 Å². The van der Waals surface area contributed by atoms with Gasteiger partial charge < -0.3 is 0 Å². The molecule has 0 spiro atoms. The summed E-state index contributed by atoms with van der Waals surface area (Å²) in [5.41, 5.74) is 0. The van der Waals surface area contributed by atoms with Gasteiger partial charge in [0.15, 0.2) is 0 Å². The van der Waals surface area contributed by atoms with Crippen LogP contribution in [0.1, 0.15) is 26.2 Å². The van der Waals surface area contributed by atoms with Crippen LogP contribution in [0.15, 0.2) is 24.3 Å². The molecule has 0 aliphatic carbocycles. The second kappa shape index (κ2) is 7.48. The summed E-state index contributed by atoms with van der Waals surface area (Å²) in [6, 6.07) is 0. The maximum atomic E-state index is 3.70. The molecule has 0 rings (SSSR count). The van der Waals surface area contributed by atoms with Gasteiger partial charge in [-0.3, -0.25) is 0 Å². The summed E-state index contributed by atoms with van der Waals surface area (Å²) >= 11 is 0. The lowest BCUT2D eigenvalue weighted by Crippen LogP contribution is -1.62. The van der Waals surface area contributed by atoms with E-state index < -0.39 is 0 Å². The molecule has 0 unspecified atom stereocenters. The second-order valence-electron chi connectivity index (χ2n) is 1.91. The van der Waals surface area contributed by atoms with Crippen molar-refractivity contribution in [1.82, 2.24) is 0 Å². The van der Waals surface area contributed by atoms with Crippen molar-refractivity contribution < 1.29 is 0 Å². The summed E-state index contributed by atoms with van der Waals surface area (Å²) < 4.78 is 0. The van der Waals surface area contributed by atoms with Crippen LogP contribution in [0.25, 0.3) is 0 Å². The first kappa shape index (κ1) is 8.48. The molecule has 51 valence electrons. The summed E-state index contributed by atoms with van der Waals surface area (Å²) in [4.78, 5) is 0. The van der Waals surface area contributed by atoms with Crippen LogP contribution in [-0.2, 0) is 0 Å². The van der Waals surface area contributed by atoms with Crippen molar-refractivity contribution in [1.29, 1.82) is 0 Å². The topological polar surface area (TPSA) is 0 Å². The number of rotatable bonds is 4. The van der Waals surface area contributed by atoms with E-state index in [4.69, 9.17) is 0 Å². The minimum Gasteiger partial charge on any atom is -0.0917 e. The monoisotopic (exact) mass is 123 g/mol. The van der Waals surface area contributed by atoms with Crippen LogP contribution in [0.2, 0.25) is 0 Å². The third-order valence-corrected chi connectivity index (χ3v) is 1.07. The van der Waals surface area contributed by atoms with Gasteiger partial charge in [-0.25, -0.2) is 0 Å². The predicted octanol–water partition coefficient (Wildman–Crippen LogP) is 3.12. The van der Waals surface area contributed by atoms with Crippen LogP contribution in [0.3, 0.4) is 0 Å². The van der Waals surface area contributed by atoms with E-state index in [0.29, 0.717) is 0 Å². The first-order valence-electron chi connectivity index (χ1n) is 3.47. The molecule has 0 heteroatoms. The summed E-state index contributed by atoms with van der Waals surface area (Å²) in [5.74, 6) is 0. The molecule has 0 aromatic carbocycles. The van der Waals surface area contributed by atoms with Crippen LogP contribution in [0.4, 0.5) is 0 Å². The summed E-state index contributed by atoms with van der Waals surface area (Å²) in [6.07, 6.45) is 11.8. The van der Waals surface area contributed by atoms with E-state index in [1.807, 2.05) is 6.92 Å². The Hall–Kier alpha value is -0.520. The van der Waals surface area contributed by atoms with Crippen LogP contribution in [0.5, 0.6) is 0 Å². The lowest BCUT2D eigenvalue weighted by Gasteiger charge is -1.83. The molecule has 0 nitrogen and oxygen atoms in total. The highest BCUT2D eigenvalue weighted by Gasteiger charge is 1.72. The SMILES string of the molecule is [CH2]CC=CCCC=CC. The third-order valence-electron chi connectivity index (χ3n) is 1.07. The van der Waals surface area contributed by atoms with Crippen molar-refractivity contribution in [3.63, 3.8) is 0 Å². The van der Waals surface area contributed by atoms with Crippen molar-refractivity contribution in [2.75, 3.05) is 0 Å². The normalized spacial score (nSPS) is 11.8. The molecular weight excluding hydrogens is 108 g/mol. The first-order chi connectivity index (χ1) is 4.41. The standard InChI is InChI=1S/C9H15/c1-3-5-7-9-8-6-4-2/h4-7H,1,3,8-9H2,2H3. The molecule has 0 aromatic rings. The highest BCUT2D eigenvalue weighted by molar-refractivity contribution is 4.86. The van der Waals surface area contributed by atoms with Gasteiger partial charge in [-0.05, 0) is 33.1 Å². The highest BCUT2D eigenvalue weighted by atomic mass is 13.8. The van der Waals surface area contributed by atoms with Crippen LogP contribution in [-0.4, -0.2) is 0 Å². The third kappa shape index (κ3) is 7.48. The molecule has 0 atom stereocenters. The Bertz CT molecular complexity index is 88.2. The fraction of sp³-hybridized carbons (Fsp3) is 0.444. The van der Waals surface area contributed by atoms with E-state index in [1.165, 1.54) is 0 Å². The average molecular weight is 123 g/mol. The molecule has 9 heavy (non-hydrogen) atoms. The van der Waals surface area contributed by atoms with Gasteiger partial charge in [-0.1, -0.05) is 24.3 Å². The molecule has 0 aromatic heterocycles. The molecule has 0 amide bonds. The minimum absolute atomic E-state index is 0.913. The lowest BCUT2D eigenvalue weighted by atomic mass is 10.2. The largest absolute Gasteiger partial charge is 0.0917 e. The van der Waals surface area contributed by atoms with Crippen LogP contribution < -0.4 is 0 Å². The summed E-state index contributed by atoms with van der Waals surface area (Å²) in [5, 5.41) is 0. The van der Waals surface area contributed by atoms with Crippen molar-refractivity contribution in [2.45, 2.75) is 26.2 Å². The molecule has 0 saturated heterocycles. The summed E-state index contributed by atoms with van der Waals surface area (Å²) in [6.45, 7) is 5.75. The Morgan fingerprint density at radius 2 is 1.78 bits per heavy atom. The molecule has 0 aliphatic heterocycles. The molecule has 0 heterocycles. The Kier molecular flexibility index (Phi) is 7.05. The van der Waals surface area contributed by atoms with Crippen molar-refractivity contribution in [3.05, 3.63) is 31.2 Å². The molecule has 0 N–H and O–H groups in total. The van der Waals surface area contributed by atoms with Crippen molar-refractivity contribution in [2.24, 2.45) is 0 Å². The fourth-order valence-corrected chi connectivity index (χ4v) is 0.595. The van der Waals surface area contributed by atoms with Gasteiger partial charge in [0.05, 0.1) is 0 Å². The van der Waals surface area contributed by atoms with Crippen LogP contribution >= 0.6 is 0 Å². The molecule has 0 saturated carbocycles. The van der Waals surface area contributed by atoms with E-state index in [0.717, 1.165) is 19.3 Å². The molecule has 0 fully saturated rings. The van der Waals surface area contributed by atoms with Crippen molar-refractivity contribution in [3.8, 4) is 0 Å². The average Bonchev–Trinajstić information content (AvgIpc) is 1.89. The zero-order valence-corrected chi connectivity index (χ0v) is 6.14. The molecule has 0 aliphatic rings. The quantitative estimate of drug-likeness (QED) is 0.398. The van der Waals surface area contributed by atoms with E-state index >= 15 is 0 Å². The number of unbranched alkanes of at least 4 members (excludes halogenated alkanes) is 1. The zero-order chi connectivity index (χ0) is 6.95. The number of allylic oxidation sites excluding steroid dienone is 4. The highest BCUT2D eigenvalue weighted by Crippen LogP contribution is 1.92. The molecule has 0 bridgehead atoms. The van der Waals surface area contributed by atoms with Gasteiger partial charge in [-0.2, -0.15) is 0 Å². The maximum absolute atomic E-state index is 3.70. The van der Waals surface area contributed by atoms with Gasteiger partial charge in [0.25, 0.3) is 0 Å². The Labute approximate surface area is 58.3 Å². The van der Waals surface area contributed by atoms with E-state index in [9.17, 15) is 0 Å². The maximum Gasteiger partial charge on any atom is -0.0316 e. The smallest absolute Gasteiger partial charge is 0.0316 e. The predicted molar refractivity (Wildman–Crippen MR) is 43.2 cm³/mol. The summed E-state index contributed by atoms with van der Waals surface area (Å²) in [7, 11) is 0. The van der Waals surface area contributed by atoms with E-state index in [1.54, 1.807) is 0 Å². The van der Waals surface area contributed by atoms with Gasteiger partial charge in [-0.15, -0.1) is 0 Å². The fourth-order valence-electron chi connectivity index (χ4n) is 0.595. The lowest BCUT2D eigenvalue weighted by molar-refractivity contribution is 1.04. The number of hydrogen-bond donors (Lipinski definition) is 0. The second-order valence-corrected chi connectivity index (χ2v) is 1.91. The van der Waals surface area contributed by atoms with Crippen LogP contribution in [0, 0.1) is 6.92 Å². The Morgan fingerprint density at radius 1 is 1.11 bits per heavy atom. The van der Waals surface area contributed by atoms with Gasteiger partial charge in [0, 0.05) is 0 Å². The van der Waals surface area contributed by atoms with E-state index in [2.05, 4.69) is 31.2 Å².